The highest BCUT2D eigenvalue weighted by Gasteiger charge is 2.28. The van der Waals surface area contributed by atoms with Crippen LogP contribution in [-0.2, 0) is 19.4 Å². The summed E-state index contributed by atoms with van der Waals surface area (Å²) in [5.74, 6) is 1.18. The molecule has 8 nitrogen and oxygen atoms in total. The summed E-state index contributed by atoms with van der Waals surface area (Å²) in [5, 5.41) is 9.10. The Labute approximate surface area is 163 Å². The number of nitrogens with zero attached hydrogens (tertiary/aromatic N) is 1. The molecule has 9 heteroatoms. The Bertz CT molecular complexity index is 578. The van der Waals surface area contributed by atoms with Gasteiger partial charge in [0, 0.05) is 38.7 Å². The number of rotatable bonds is 11. The number of carbonyl (C=O) groups is 1. The lowest BCUT2D eigenvalue weighted by Gasteiger charge is -2.20. The number of aliphatic imine (C=N–C) groups is 1. The summed E-state index contributed by atoms with van der Waals surface area (Å²) >= 11 is 0. The van der Waals surface area contributed by atoms with E-state index in [9.17, 15) is 13.2 Å². The fraction of sp³-hybridized carbons (Fsp3) is 0.889. The quantitative estimate of drug-likeness (QED) is 0.345. The third kappa shape index (κ3) is 9.95. The average molecular weight is 405 g/mol. The minimum atomic E-state index is -2.98. The molecule has 0 bridgehead atoms. The van der Waals surface area contributed by atoms with Crippen LogP contribution in [0.25, 0.3) is 0 Å². The number of sulfone groups is 1. The predicted octanol–water partition coefficient (Wildman–Crippen LogP) is 0.686. The number of ether oxygens (including phenoxy) is 1. The van der Waals surface area contributed by atoms with Crippen LogP contribution in [0.2, 0.25) is 0 Å². The Balaban J connectivity index is 2.35. The molecule has 1 rings (SSSR count). The maximum absolute atomic E-state index is 12.0. The topological polar surface area (TPSA) is 109 Å². The number of nitrogens with one attached hydrogen (secondary N) is 3. The van der Waals surface area contributed by atoms with Gasteiger partial charge in [0.1, 0.15) is 0 Å². The van der Waals surface area contributed by atoms with Crippen LogP contribution in [0, 0.1) is 5.92 Å². The summed E-state index contributed by atoms with van der Waals surface area (Å²) in [6.07, 6.45) is 1.81. The Kier molecular flexibility index (Phi) is 10.7. The predicted molar refractivity (Wildman–Crippen MR) is 109 cm³/mol. The highest BCUT2D eigenvalue weighted by molar-refractivity contribution is 7.91. The molecule has 1 aliphatic rings. The van der Waals surface area contributed by atoms with Crippen molar-refractivity contribution in [2.24, 2.45) is 10.9 Å². The van der Waals surface area contributed by atoms with E-state index in [1.807, 2.05) is 13.8 Å². The van der Waals surface area contributed by atoms with Gasteiger partial charge in [0.2, 0.25) is 5.91 Å². The highest BCUT2D eigenvalue weighted by atomic mass is 32.2. The fourth-order valence-corrected chi connectivity index (χ4v) is 4.65. The van der Waals surface area contributed by atoms with E-state index in [0.717, 1.165) is 13.0 Å². The van der Waals surface area contributed by atoms with Gasteiger partial charge in [-0.2, -0.15) is 0 Å². The van der Waals surface area contributed by atoms with E-state index in [4.69, 9.17) is 4.74 Å². The molecule has 0 aliphatic carbocycles. The summed E-state index contributed by atoms with van der Waals surface area (Å²) in [5.41, 5.74) is 0. The lowest BCUT2D eigenvalue weighted by atomic mass is 10.0. The van der Waals surface area contributed by atoms with Crippen LogP contribution >= 0.6 is 0 Å². The van der Waals surface area contributed by atoms with Gasteiger partial charge in [-0.05, 0) is 32.6 Å². The lowest BCUT2D eigenvalue weighted by Crippen LogP contribution is -2.41. The molecule has 0 spiro atoms. The summed E-state index contributed by atoms with van der Waals surface area (Å²) in [6.45, 7) is 10.8. The first kappa shape index (κ1) is 23.7. The van der Waals surface area contributed by atoms with Gasteiger partial charge in [-0.3, -0.25) is 9.79 Å². The van der Waals surface area contributed by atoms with Crippen LogP contribution < -0.4 is 16.0 Å². The average Bonchev–Trinajstić information content (AvgIpc) is 2.92. The van der Waals surface area contributed by atoms with Gasteiger partial charge in [0.25, 0.3) is 0 Å². The molecule has 1 amide bonds. The molecule has 1 heterocycles. The molecule has 1 aliphatic heterocycles. The van der Waals surface area contributed by atoms with Gasteiger partial charge in [0.15, 0.2) is 15.8 Å². The zero-order valence-corrected chi connectivity index (χ0v) is 17.9. The molecule has 3 N–H and O–H groups in total. The van der Waals surface area contributed by atoms with E-state index >= 15 is 0 Å². The van der Waals surface area contributed by atoms with Crippen molar-refractivity contribution in [1.82, 2.24) is 16.0 Å². The summed E-state index contributed by atoms with van der Waals surface area (Å²) in [6, 6.07) is -0.254. The molecular weight excluding hydrogens is 368 g/mol. The zero-order chi connectivity index (χ0) is 20.3. The van der Waals surface area contributed by atoms with Gasteiger partial charge >= 0.3 is 0 Å². The van der Waals surface area contributed by atoms with E-state index in [-0.39, 0.29) is 36.0 Å². The number of guanidine groups is 1. The van der Waals surface area contributed by atoms with Crippen molar-refractivity contribution in [1.29, 1.82) is 0 Å². The molecule has 0 saturated carbocycles. The molecule has 1 saturated heterocycles. The maximum atomic E-state index is 12.0. The normalized spacial score (nSPS) is 20.5. The number of amides is 1. The molecule has 0 radical (unpaired) electrons. The van der Waals surface area contributed by atoms with E-state index in [1.54, 1.807) is 0 Å². The molecule has 0 aromatic rings. The molecule has 0 aromatic heterocycles. The molecule has 158 valence electrons. The second-order valence-electron chi connectivity index (χ2n) is 7.13. The molecule has 1 fully saturated rings. The van der Waals surface area contributed by atoms with Gasteiger partial charge in [0.05, 0.1) is 17.6 Å². The first-order valence-electron chi connectivity index (χ1n) is 9.91. The maximum Gasteiger partial charge on any atom is 0.222 e. The van der Waals surface area contributed by atoms with E-state index in [1.165, 1.54) is 0 Å². The van der Waals surface area contributed by atoms with Crippen molar-refractivity contribution in [3.8, 4) is 0 Å². The fourth-order valence-electron chi connectivity index (χ4n) is 2.97. The molecular formula is C18H36N4O4S. The minimum Gasteiger partial charge on any atom is -0.378 e. The van der Waals surface area contributed by atoms with Gasteiger partial charge < -0.3 is 20.7 Å². The summed E-state index contributed by atoms with van der Waals surface area (Å²) in [7, 11) is -2.98. The van der Waals surface area contributed by atoms with Crippen LogP contribution in [0.5, 0.6) is 0 Å². The second-order valence-corrected chi connectivity index (χ2v) is 9.36. The monoisotopic (exact) mass is 404 g/mol. The van der Waals surface area contributed by atoms with Gasteiger partial charge in [-0.25, -0.2) is 8.42 Å². The van der Waals surface area contributed by atoms with Crippen LogP contribution in [0.3, 0.4) is 0 Å². The smallest absolute Gasteiger partial charge is 0.222 e. The Morgan fingerprint density at radius 1 is 1.26 bits per heavy atom. The first-order valence-corrected chi connectivity index (χ1v) is 11.7. The third-order valence-electron chi connectivity index (χ3n) is 4.39. The standard InChI is InChI=1S/C18H36N4O4S/c1-5-19-18(20-10-7-16(14(3)4)26-6-2)21-11-8-17(23)22-15-9-12-27(24,25)13-15/h14-16H,5-13H2,1-4H3,(H,22,23)(H2,19,20,21). The van der Waals surface area contributed by atoms with Gasteiger partial charge in [-0.1, -0.05) is 13.8 Å². The van der Waals surface area contributed by atoms with Crippen molar-refractivity contribution in [3.63, 3.8) is 0 Å². The summed E-state index contributed by atoms with van der Waals surface area (Å²) < 4.78 is 28.6. The van der Waals surface area contributed by atoms with Gasteiger partial charge in [-0.15, -0.1) is 0 Å². The SMILES string of the molecule is CCNC(=NCCC(OCC)C(C)C)NCCC(=O)NC1CCS(=O)(=O)C1. The molecule has 2 unspecified atom stereocenters. The first-order chi connectivity index (χ1) is 12.8. The molecule has 0 aromatic carbocycles. The molecule has 2 atom stereocenters. The Morgan fingerprint density at radius 3 is 2.56 bits per heavy atom. The summed E-state index contributed by atoms with van der Waals surface area (Å²) in [4.78, 5) is 16.5. The Morgan fingerprint density at radius 2 is 2.00 bits per heavy atom. The minimum absolute atomic E-state index is 0.0487. The van der Waals surface area contributed by atoms with E-state index in [0.29, 0.717) is 38.0 Å². The number of hydrogen-bond donors (Lipinski definition) is 3. The largest absolute Gasteiger partial charge is 0.378 e. The van der Waals surface area contributed by atoms with Crippen molar-refractivity contribution in [2.75, 3.05) is 37.7 Å². The van der Waals surface area contributed by atoms with Crippen molar-refractivity contribution in [2.45, 2.75) is 59.1 Å². The lowest BCUT2D eigenvalue weighted by molar-refractivity contribution is -0.121. The van der Waals surface area contributed by atoms with Crippen molar-refractivity contribution >= 4 is 21.7 Å². The number of hydrogen-bond acceptors (Lipinski definition) is 5. The van der Waals surface area contributed by atoms with Crippen LogP contribution in [-0.4, -0.2) is 70.2 Å². The third-order valence-corrected chi connectivity index (χ3v) is 6.16. The Hall–Kier alpha value is -1.35. The van der Waals surface area contributed by atoms with Crippen LogP contribution in [0.15, 0.2) is 4.99 Å². The van der Waals surface area contributed by atoms with Crippen LogP contribution in [0.1, 0.15) is 47.0 Å². The zero-order valence-electron chi connectivity index (χ0n) is 17.1. The van der Waals surface area contributed by atoms with Crippen molar-refractivity contribution < 1.29 is 17.9 Å². The number of carbonyl (C=O) groups excluding carboxylic acids is 1. The molecule has 27 heavy (non-hydrogen) atoms. The van der Waals surface area contributed by atoms with Crippen LogP contribution in [0.4, 0.5) is 0 Å². The van der Waals surface area contributed by atoms with Crippen molar-refractivity contribution in [3.05, 3.63) is 0 Å². The highest BCUT2D eigenvalue weighted by Crippen LogP contribution is 2.11. The second kappa shape index (κ2) is 12.2. The van der Waals surface area contributed by atoms with E-state index < -0.39 is 9.84 Å². The van der Waals surface area contributed by atoms with E-state index in [2.05, 4.69) is 34.8 Å².